The van der Waals surface area contributed by atoms with Crippen molar-refractivity contribution in [1.82, 2.24) is 5.32 Å². The molecular weight excluding hydrogens is 278 g/mol. The van der Waals surface area contributed by atoms with Crippen LogP contribution in [0.25, 0.3) is 0 Å². The van der Waals surface area contributed by atoms with Crippen LogP contribution in [-0.4, -0.2) is 7.05 Å². The lowest BCUT2D eigenvalue weighted by Gasteiger charge is -2.18. The number of benzene rings is 1. The molecule has 0 saturated heterocycles. The molecule has 1 aromatic rings. The van der Waals surface area contributed by atoms with E-state index in [1.165, 1.54) is 68.9 Å². The van der Waals surface area contributed by atoms with Crippen LogP contribution in [0.3, 0.4) is 0 Å². The Balaban J connectivity index is 2.25. The van der Waals surface area contributed by atoms with E-state index in [9.17, 15) is 0 Å². The van der Waals surface area contributed by atoms with Crippen LogP contribution in [0.2, 0.25) is 5.02 Å². The van der Waals surface area contributed by atoms with Crippen molar-refractivity contribution in [3.05, 3.63) is 34.3 Å². The first-order chi connectivity index (χ1) is 10.2. The molecule has 1 nitrogen and oxygen atoms in total. The molecule has 0 aliphatic heterocycles. The standard InChI is InChI=1S/C19H32ClN/c1-4-5-6-7-8-9-10-11-12-19(21-3)17-14-13-16(2)15-18(17)20/h13-15,19,21H,4-12H2,1-3H3. The highest BCUT2D eigenvalue weighted by molar-refractivity contribution is 6.31. The molecule has 1 rings (SSSR count). The van der Waals surface area contributed by atoms with Gasteiger partial charge >= 0.3 is 0 Å². The van der Waals surface area contributed by atoms with E-state index in [2.05, 4.69) is 37.4 Å². The number of hydrogen-bond acceptors (Lipinski definition) is 1. The summed E-state index contributed by atoms with van der Waals surface area (Å²) >= 11 is 6.37. The maximum Gasteiger partial charge on any atom is 0.0456 e. The summed E-state index contributed by atoms with van der Waals surface area (Å²) in [7, 11) is 2.03. The van der Waals surface area contributed by atoms with Gasteiger partial charge in [0, 0.05) is 11.1 Å². The third-order valence-electron chi connectivity index (χ3n) is 4.23. The second kappa shape index (κ2) is 11.1. The van der Waals surface area contributed by atoms with Crippen LogP contribution in [0.5, 0.6) is 0 Å². The van der Waals surface area contributed by atoms with Crippen molar-refractivity contribution in [3.63, 3.8) is 0 Å². The first kappa shape index (κ1) is 18.5. The highest BCUT2D eigenvalue weighted by Gasteiger charge is 2.12. The lowest BCUT2D eigenvalue weighted by Crippen LogP contribution is -2.16. The monoisotopic (exact) mass is 309 g/mol. The van der Waals surface area contributed by atoms with Gasteiger partial charge in [-0.15, -0.1) is 0 Å². The zero-order valence-corrected chi connectivity index (χ0v) is 14.8. The normalized spacial score (nSPS) is 12.6. The molecule has 0 saturated carbocycles. The molecule has 0 aromatic heterocycles. The number of nitrogens with one attached hydrogen (secondary N) is 1. The lowest BCUT2D eigenvalue weighted by atomic mass is 9.98. The van der Waals surface area contributed by atoms with Crippen molar-refractivity contribution in [2.75, 3.05) is 7.05 Å². The van der Waals surface area contributed by atoms with E-state index in [-0.39, 0.29) is 0 Å². The molecular formula is C19H32ClN. The first-order valence-electron chi connectivity index (χ1n) is 8.62. The molecule has 21 heavy (non-hydrogen) atoms. The van der Waals surface area contributed by atoms with Gasteiger partial charge in [0.1, 0.15) is 0 Å². The van der Waals surface area contributed by atoms with E-state index >= 15 is 0 Å². The number of unbranched alkanes of at least 4 members (excludes halogenated alkanes) is 7. The van der Waals surface area contributed by atoms with Crippen LogP contribution >= 0.6 is 11.6 Å². The molecule has 0 radical (unpaired) electrons. The minimum atomic E-state index is 0.387. The number of hydrogen-bond donors (Lipinski definition) is 1. The molecule has 1 atom stereocenters. The molecule has 0 heterocycles. The highest BCUT2D eigenvalue weighted by atomic mass is 35.5. The number of halogens is 1. The molecule has 0 fully saturated rings. The molecule has 0 bridgehead atoms. The Kier molecular flexibility index (Phi) is 9.78. The van der Waals surface area contributed by atoms with Crippen molar-refractivity contribution < 1.29 is 0 Å². The molecule has 0 aliphatic rings. The van der Waals surface area contributed by atoms with Crippen LogP contribution in [0.1, 0.15) is 81.9 Å². The topological polar surface area (TPSA) is 12.0 Å². The zero-order valence-electron chi connectivity index (χ0n) is 14.1. The summed E-state index contributed by atoms with van der Waals surface area (Å²) in [5, 5.41) is 4.31. The van der Waals surface area contributed by atoms with Gasteiger partial charge in [-0.25, -0.2) is 0 Å². The molecule has 1 unspecified atom stereocenters. The Morgan fingerprint density at radius 1 is 1.00 bits per heavy atom. The van der Waals surface area contributed by atoms with Gasteiger partial charge < -0.3 is 5.32 Å². The summed E-state index contributed by atoms with van der Waals surface area (Å²) in [5.74, 6) is 0. The average molecular weight is 310 g/mol. The Morgan fingerprint density at radius 3 is 2.19 bits per heavy atom. The van der Waals surface area contributed by atoms with Crippen LogP contribution in [0.4, 0.5) is 0 Å². The van der Waals surface area contributed by atoms with E-state index < -0.39 is 0 Å². The van der Waals surface area contributed by atoms with Crippen molar-refractivity contribution in [2.45, 2.75) is 77.7 Å². The van der Waals surface area contributed by atoms with Crippen molar-refractivity contribution in [2.24, 2.45) is 0 Å². The summed E-state index contributed by atoms with van der Waals surface area (Å²) in [5.41, 5.74) is 2.47. The number of rotatable bonds is 11. The Morgan fingerprint density at radius 2 is 1.62 bits per heavy atom. The van der Waals surface area contributed by atoms with Crippen molar-refractivity contribution in [3.8, 4) is 0 Å². The summed E-state index contributed by atoms with van der Waals surface area (Å²) in [6.07, 6.45) is 12.1. The second-order valence-electron chi connectivity index (χ2n) is 6.13. The number of aryl methyl sites for hydroxylation is 1. The van der Waals surface area contributed by atoms with Gasteiger partial charge in [0.25, 0.3) is 0 Å². The van der Waals surface area contributed by atoms with Gasteiger partial charge in [0.15, 0.2) is 0 Å². The van der Waals surface area contributed by atoms with Crippen LogP contribution < -0.4 is 5.32 Å². The third kappa shape index (κ3) is 7.33. The Labute approximate surface area is 136 Å². The molecule has 1 N–H and O–H groups in total. The first-order valence-corrected chi connectivity index (χ1v) is 9.00. The van der Waals surface area contributed by atoms with Gasteiger partial charge in [-0.2, -0.15) is 0 Å². The molecule has 0 aliphatic carbocycles. The minimum Gasteiger partial charge on any atom is -0.313 e. The van der Waals surface area contributed by atoms with E-state index in [1.54, 1.807) is 0 Å². The summed E-state index contributed by atoms with van der Waals surface area (Å²) < 4.78 is 0. The highest BCUT2D eigenvalue weighted by Crippen LogP contribution is 2.27. The maximum atomic E-state index is 6.37. The predicted octanol–water partition coefficient (Wildman–Crippen LogP) is 6.44. The Bertz CT molecular complexity index is 389. The van der Waals surface area contributed by atoms with E-state index in [4.69, 9.17) is 11.6 Å². The van der Waals surface area contributed by atoms with Gasteiger partial charge in [-0.1, -0.05) is 82.0 Å². The van der Waals surface area contributed by atoms with Gasteiger partial charge in [0.2, 0.25) is 0 Å². The Hall–Kier alpha value is -0.530. The van der Waals surface area contributed by atoms with E-state index in [0.29, 0.717) is 6.04 Å². The summed E-state index contributed by atoms with van der Waals surface area (Å²) in [4.78, 5) is 0. The van der Waals surface area contributed by atoms with Gasteiger partial charge in [-0.05, 0) is 37.6 Å². The molecule has 2 heteroatoms. The fraction of sp³-hybridized carbons (Fsp3) is 0.684. The molecule has 1 aromatic carbocycles. The van der Waals surface area contributed by atoms with Crippen LogP contribution in [0.15, 0.2) is 18.2 Å². The molecule has 120 valence electrons. The van der Waals surface area contributed by atoms with Crippen molar-refractivity contribution in [1.29, 1.82) is 0 Å². The fourth-order valence-electron chi connectivity index (χ4n) is 2.85. The molecule has 0 spiro atoms. The fourth-order valence-corrected chi connectivity index (χ4v) is 3.22. The second-order valence-corrected chi connectivity index (χ2v) is 6.54. The van der Waals surface area contributed by atoms with E-state index in [0.717, 1.165) is 5.02 Å². The van der Waals surface area contributed by atoms with Crippen LogP contribution in [0, 0.1) is 6.92 Å². The lowest BCUT2D eigenvalue weighted by molar-refractivity contribution is 0.494. The summed E-state index contributed by atoms with van der Waals surface area (Å²) in [6, 6.07) is 6.77. The predicted molar refractivity (Wildman–Crippen MR) is 95.2 cm³/mol. The average Bonchev–Trinajstić information content (AvgIpc) is 2.47. The molecule has 0 amide bonds. The van der Waals surface area contributed by atoms with Crippen LogP contribution in [-0.2, 0) is 0 Å². The zero-order chi connectivity index (χ0) is 15.5. The largest absolute Gasteiger partial charge is 0.313 e. The quantitative estimate of drug-likeness (QED) is 0.464. The maximum absolute atomic E-state index is 6.37. The van der Waals surface area contributed by atoms with Crippen molar-refractivity contribution >= 4 is 11.6 Å². The van der Waals surface area contributed by atoms with E-state index in [1.807, 2.05) is 7.05 Å². The van der Waals surface area contributed by atoms with Gasteiger partial charge in [-0.3, -0.25) is 0 Å². The summed E-state index contributed by atoms with van der Waals surface area (Å²) in [6.45, 7) is 4.36. The minimum absolute atomic E-state index is 0.387. The SMILES string of the molecule is CCCCCCCCCCC(NC)c1ccc(C)cc1Cl. The smallest absolute Gasteiger partial charge is 0.0456 e. The third-order valence-corrected chi connectivity index (χ3v) is 4.55. The van der Waals surface area contributed by atoms with Gasteiger partial charge in [0.05, 0.1) is 0 Å².